The predicted molar refractivity (Wildman–Crippen MR) is 85.3 cm³/mol. The molecule has 1 aliphatic rings. The van der Waals surface area contributed by atoms with E-state index in [1.165, 1.54) is 0 Å². The van der Waals surface area contributed by atoms with E-state index >= 15 is 0 Å². The molecule has 1 saturated heterocycles. The fourth-order valence-electron chi connectivity index (χ4n) is 2.70. The molecule has 1 N–H and O–H groups in total. The number of aromatic nitrogens is 4. The number of hydrogen-bond acceptors (Lipinski definition) is 6. The normalized spacial score (nSPS) is 17.6. The number of carbonyl (C=O) groups excluding carboxylic acids is 1. The smallest absolute Gasteiger partial charge is 0.416 e. The van der Waals surface area contributed by atoms with Crippen molar-refractivity contribution >= 4 is 5.91 Å². The summed E-state index contributed by atoms with van der Waals surface area (Å²) in [6.45, 7) is 1.12. The lowest BCUT2D eigenvalue weighted by atomic mass is 10.2. The minimum absolute atomic E-state index is 0.124. The standard InChI is InChI=1S/C16H15N5O4/c22-15(13-10-25-16(23)17-13)20-6-7-24-14(9-20)12-8-21(19-18-12)11-4-2-1-3-5-11/h1-5,8,10,14H,6-7,9H2,(H,17,23). The molecule has 1 amide bonds. The average molecular weight is 341 g/mol. The van der Waals surface area contributed by atoms with Crippen LogP contribution in [0.3, 0.4) is 0 Å². The van der Waals surface area contributed by atoms with Crippen LogP contribution in [-0.4, -0.2) is 50.5 Å². The second-order valence-electron chi connectivity index (χ2n) is 5.60. The van der Waals surface area contributed by atoms with Gasteiger partial charge in [0.25, 0.3) is 5.91 Å². The molecule has 0 bridgehead atoms. The van der Waals surface area contributed by atoms with Gasteiger partial charge in [-0.25, -0.2) is 9.48 Å². The van der Waals surface area contributed by atoms with E-state index < -0.39 is 5.76 Å². The Morgan fingerprint density at radius 1 is 1.28 bits per heavy atom. The zero-order chi connectivity index (χ0) is 17.2. The molecule has 1 atom stereocenters. The fourth-order valence-corrected chi connectivity index (χ4v) is 2.70. The first kappa shape index (κ1) is 15.3. The minimum atomic E-state index is -0.654. The molecule has 0 spiro atoms. The van der Waals surface area contributed by atoms with E-state index in [9.17, 15) is 9.59 Å². The molecule has 3 heterocycles. The van der Waals surface area contributed by atoms with Gasteiger partial charge in [-0.1, -0.05) is 23.4 Å². The molecule has 3 aromatic rings. The van der Waals surface area contributed by atoms with Crippen molar-refractivity contribution in [1.82, 2.24) is 24.9 Å². The number of rotatable bonds is 3. The van der Waals surface area contributed by atoms with Crippen molar-refractivity contribution in [2.75, 3.05) is 19.7 Å². The second kappa shape index (κ2) is 6.36. The van der Waals surface area contributed by atoms with Crippen LogP contribution in [0.4, 0.5) is 0 Å². The summed E-state index contributed by atoms with van der Waals surface area (Å²) in [5, 5.41) is 8.27. The van der Waals surface area contributed by atoms with Crippen LogP contribution in [0.15, 0.2) is 52.0 Å². The van der Waals surface area contributed by atoms with E-state index in [0.29, 0.717) is 25.4 Å². The Morgan fingerprint density at radius 2 is 2.12 bits per heavy atom. The molecule has 2 aromatic heterocycles. The van der Waals surface area contributed by atoms with E-state index in [1.807, 2.05) is 30.3 Å². The van der Waals surface area contributed by atoms with E-state index in [-0.39, 0.29) is 17.7 Å². The lowest BCUT2D eigenvalue weighted by molar-refractivity contribution is -0.0249. The van der Waals surface area contributed by atoms with Crippen molar-refractivity contribution in [3.8, 4) is 5.69 Å². The Morgan fingerprint density at radius 3 is 2.88 bits per heavy atom. The van der Waals surface area contributed by atoms with Crippen LogP contribution in [-0.2, 0) is 4.74 Å². The van der Waals surface area contributed by atoms with Crippen LogP contribution < -0.4 is 5.76 Å². The number of carbonyl (C=O) groups is 1. The van der Waals surface area contributed by atoms with Crippen molar-refractivity contribution in [2.24, 2.45) is 0 Å². The molecule has 9 nitrogen and oxygen atoms in total. The Kier molecular flexibility index (Phi) is 3.90. The third kappa shape index (κ3) is 3.09. The number of amides is 1. The van der Waals surface area contributed by atoms with Crippen LogP contribution in [0.25, 0.3) is 5.69 Å². The summed E-state index contributed by atoms with van der Waals surface area (Å²) >= 11 is 0. The maximum Gasteiger partial charge on any atom is 0.416 e. The summed E-state index contributed by atoms with van der Waals surface area (Å²) in [5.41, 5.74) is 1.65. The van der Waals surface area contributed by atoms with Gasteiger partial charge in [0.2, 0.25) is 0 Å². The van der Waals surface area contributed by atoms with Gasteiger partial charge in [-0.2, -0.15) is 0 Å². The molecule has 0 saturated carbocycles. The molecule has 128 valence electrons. The Labute approximate surface area is 141 Å². The summed E-state index contributed by atoms with van der Waals surface area (Å²) in [6.07, 6.45) is 2.53. The maximum atomic E-state index is 12.4. The van der Waals surface area contributed by atoms with Gasteiger partial charge in [0.15, 0.2) is 0 Å². The predicted octanol–water partition coefficient (Wildman–Crippen LogP) is 0.762. The molecule has 9 heteroatoms. The summed E-state index contributed by atoms with van der Waals surface area (Å²) in [4.78, 5) is 27.4. The van der Waals surface area contributed by atoms with Gasteiger partial charge in [0, 0.05) is 6.54 Å². The van der Waals surface area contributed by atoms with Crippen LogP contribution >= 0.6 is 0 Å². The first-order chi connectivity index (χ1) is 12.2. The average Bonchev–Trinajstić information content (AvgIpc) is 3.31. The van der Waals surface area contributed by atoms with Crippen molar-refractivity contribution in [3.05, 3.63) is 64.7 Å². The number of para-hydroxylation sites is 1. The number of ether oxygens (including phenoxy) is 1. The van der Waals surface area contributed by atoms with Gasteiger partial charge in [-0.05, 0) is 12.1 Å². The molecule has 25 heavy (non-hydrogen) atoms. The number of morpholine rings is 1. The number of hydrogen-bond donors (Lipinski definition) is 1. The quantitative estimate of drug-likeness (QED) is 0.754. The van der Waals surface area contributed by atoms with Crippen LogP contribution in [0.5, 0.6) is 0 Å². The van der Waals surface area contributed by atoms with Gasteiger partial charge in [-0.3, -0.25) is 9.78 Å². The molecule has 1 aliphatic heterocycles. The van der Waals surface area contributed by atoms with Gasteiger partial charge in [-0.15, -0.1) is 5.10 Å². The number of nitrogens with zero attached hydrogens (tertiary/aromatic N) is 4. The molecule has 0 aliphatic carbocycles. The number of H-pyrrole nitrogens is 1. The van der Waals surface area contributed by atoms with E-state index in [0.717, 1.165) is 12.0 Å². The van der Waals surface area contributed by atoms with E-state index in [4.69, 9.17) is 4.74 Å². The molecule has 4 rings (SSSR count). The zero-order valence-corrected chi connectivity index (χ0v) is 13.2. The molecular formula is C16H15N5O4. The highest BCUT2D eigenvalue weighted by Crippen LogP contribution is 2.22. The SMILES string of the molecule is O=C(c1coc(=O)[nH]1)N1CCOC(c2cn(-c3ccccc3)nn2)C1. The lowest BCUT2D eigenvalue weighted by Gasteiger charge is -2.31. The maximum absolute atomic E-state index is 12.4. The number of nitrogens with one attached hydrogen (secondary N) is 1. The number of aromatic amines is 1. The Bertz CT molecular complexity index is 929. The van der Waals surface area contributed by atoms with E-state index in [2.05, 4.69) is 19.7 Å². The second-order valence-corrected chi connectivity index (χ2v) is 5.60. The minimum Gasteiger partial charge on any atom is -0.416 e. The molecule has 0 radical (unpaired) electrons. The van der Waals surface area contributed by atoms with Crippen LogP contribution in [0.1, 0.15) is 22.3 Å². The summed E-state index contributed by atoms with van der Waals surface area (Å²) in [5.74, 6) is -0.964. The van der Waals surface area contributed by atoms with Gasteiger partial charge >= 0.3 is 5.76 Å². The van der Waals surface area contributed by atoms with Crippen molar-refractivity contribution < 1.29 is 13.9 Å². The molecular weight excluding hydrogens is 326 g/mol. The largest absolute Gasteiger partial charge is 0.416 e. The molecule has 1 fully saturated rings. The Hall–Kier alpha value is -3.20. The van der Waals surface area contributed by atoms with Crippen molar-refractivity contribution in [1.29, 1.82) is 0 Å². The monoisotopic (exact) mass is 341 g/mol. The first-order valence-electron chi connectivity index (χ1n) is 7.77. The zero-order valence-electron chi connectivity index (χ0n) is 13.2. The lowest BCUT2D eigenvalue weighted by Crippen LogP contribution is -2.42. The van der Waals surface area contributed by atoms with Crippen LogP contribution in [0.2, 0.25) is 0 Å². The fraction of sp³-hybridized carbons (Fsp3) is 0.250. The van der Waals surface area contributed by atoms with Crippen LogP contribution in [0, 0.1) is 0 Å². The number of oxazole rings is 1. The third-order valence-corrected chi connectivity index (χ3v) is 3.97. The summed E-state index contributed by atoms with van der Waals surface area (Å²) in [7, 11) is 0. The highest BCUT2D eigenvalue weighted by molar-refractivity contribution is 5.91. The third-order valence-electron chi connectivity index (χ3n) is 3.97. The van der Waals surface area contributed by atoms with Gasteiger partial charge < -0.3 is 14.1 Å². The molecule has 1 aromatic carbocycles. The number of benzene rings is 1. The molecule has 1 unspecified atom stereocenters. The van der Waals surface area contributed by atoms with Gasteiger partial charge in [0.1, 0.15) is 23.8 Å². The Balaban J connectivity index is 1.51. The van der Waals surface area contributed by atoms with Crippen molar-refractivity contribution in [3.63, 3.8) is 0 Å². The van der Waals surface area contributed by atoms with E-state index in [1.54, 1.807) is 15.8 Å². The summed E-state index contributed by atoms with van der Waals surface area (Å²) < 4.78 is 12.0. The summed E-state index contributed by atoms with van der Waals surface area (Å²) in [6, 6.07) is 9.60. The topological polar surface area (TPSA) is 106 Å². The highest BCUT2D eigenvalue weighted by atomic mass is 16.5. The van der Waals surface area contributed by atoms with Gasteiger partial charge in [0.05, 0.1) is 25.0 Å². The van der Waals surface area contributed by atoms with Crippen molar-refractivity contribution in [2.45, 2.75) is 6.10 Å². The first-order valence-corrected chi connectivity index (χ1v) is 7.77. The highest BCUT2D eigenvalue weighted by Gasteiger charge is 2.29.